The van der Waals surface area contributed by atoms with E-state index in [1.807, 2.05) is 22.6 Å². The van der Waals surface area contributed by atoms with Gasteiger partial charge in [-0.25, -0.2) is 4.39 Å². The van der Waals surface area contributed by atoms with Crippen molar-refractivity contribution in [1.82, 2.24) is 10.1 Å². The summed E-state index contributed by atoms with van der Waals surface area (Å²) in [5.41, 5.74) is 0.563. The predicted molar refractivity (Wildman–Crippen MR) is 56.2 cm³/mol. The number of rotatable bonds is 2. The fourth-order valence-corrected chi connectivity index (χ4v) is 1.48. The lowest BCUT2D eigenvalue weighted by Gasteiger charge is -1.97. The molecule has 2 rings (SSSR count). The van der Waals surface area contributed by atoms with Crippen molar-refractivity contribution in [2.45, 2.75) is 6.42 Å². The first-order valence-corrected chi connectivity index (χ1v) is 5.05. The van der Waals surface area contributed by atoms with Crippen LogP contribution in [0.4, 0.5) is 4.39 Å². The van der Waals surface area contributed by atoms with E-state index in [0.29, 0.717) is 21.7 Å². The lowest BCUT2D eigenvalue weighted by Crippen LogP contribution is -1.92. The van der Waals surface area contributed by atoms with Gasteiger partial charge < -0.3 is 4.52 Å². The third-order valence-corrected chi connectivity index (χ3v) is 2.18. The topological polar surface area (TPSA) is 38.9 Å². The maximum absolute atomic E-state index is 13.2. The first-order valence-electron chi connectivity index (χ1n) is 3.97. The average Bonchev–Trinajstić information content (AvgIpc) is 2.56. The zero-order chi connectivity index (χ0) is 9.97. The molecule has 0 aliphatic heterocycles. The molecule has 1 aromatic heterocycles. The van der Waals surface area contributed by atoms with Gasteiger partial charge in [-0.3, -0.25) is 0 Å². The van der Waals surface area contributed by atoms with E-state index in [0.717, 1.165) is 0 Å². The fourth-order valence-electron chi connectivity index (χ4n) is 1.11. The molecule has 5 heteroatoms. The smallest absolute Gasteiger partial charge is 0.232 e. The number of benzene rings is 1. The van der Waals surface area contributed by atoms with Crippen molar-refractivity contribution in [2.24, 2.45) is 0 Å². The van der Waals surface area contributed by atoms with Crippen LogP contribution in [0.15, 0.2) is 28.8 Å². The van der Waals surface area contributed by atoms with Crippen LogP contribution in [0.5, 0.6) is 0 Å². The van der Waals surface area contributed by atoms with Crippen LogP contribution in [0, 0.1) is 9.65 Å². The van der Waals surface area contributed by atoms with E-state index in [9.17, 15) is 4.39 Å². The molecule has 2 aromatic rings. The highest BCUT2D eigenvalue weighted by atomic mass is 127. The molecule has 0 aliphatic rings. The van der Waals surface area contributed by atoms with Crippen molar-refractivity contribution in [3.8, 4) is 0 Å². The summed E-state index contributed by atoms with van der Waals surface area (Å²) in [6.45, 7) is 0. The second kappa shape index (κ2) is 4.04. The summed E-state index contributed by atoms with van der Waals surface area (Å²) in [7, 11) is 0. The molecule has 0 spiro atoms. The minimum atomic E-state index is -0.249. The van der Waals surface area contributed by atoms with Crippen LogP contribution >= 0.6 is 22.6 Å². The van der Waals surface area contributed by atoms with Gasteiger partial charge in [-0.2, -0.15) is 4.98 Å². The minimum Gasteiger partial charge on any atom is -0.338 e. The molecule has 0 unspecified atom stereocenters. The Morgan fingerprint density at radius 3 is 2.79 bits per heavy atom. The molecule has 0 fully saturated rings. The Labute approximate surface area is 93.5 Å². The van der Waals surface area contributed by atoms with Gasteiger partial charge in [-0.15, -0.1) is 0 Å². The van der Waals surface area contributed by atoms with Crippen molar-refractivity contribution in [2.75, 3.05) is 0 Å². The molecule has 0 N–H and O–H groups in total. The number of halogens is 2. The van der Waals surface area contributed by atoms with Crippen LogP contribution < -0.4 is 0 Å². The van der Waals surface area contributed by atoms with Gasteiger partial charge in [0.15, 0.2) is 0 Å². The van der Waals surface area contributed by atoms with Crippen molar-refractivity contribution in [1.29, 1.82) is 0 Å². The van der Waals surface area contributed by atoms with Crippen LogP contribution in [0.1, 0.15) is 11.5 Å². The fraction of sp³-hybridized carbons (Fsp3) is 0.111. The van der Waals surface area contributed by atoms with E-state index >= 15 is 0 Å². The van der Waals surface area contributed by atoms with Crippen LogP contribution in [-0.2, 0) is 6.42 Å². The predicted octanol–water partition coefficient (Wildman–Crippen LogP) is 2.40. The molecule has 0 amide bonds. The highest BCUT2D eigenvalue weighted by Crippen LogP contribution is 2.11. The third kappa shape index (κ3) is 2.09. The number of hydrogen-bond donors (Lipinski definition) is 0. The molecule has 1 heterocycles. The van der Waals surface area contributed by atoms with E-state index in [4.69, 9.17) is 4.52 Å². The standard InChI is InChI=1S/C9H6FIN2O/c10-7-4-2-1-3-6(7)5-8-12-9(11)13-14-8/h1-4H,5H2. The van der Waals surface area contributed by atoms with Crippen LogP contribution in [0.3, 0.4) is 0 Å². The number of nitrogens with zero attached hydrogens (tertiary/aromatic N) is 2. The largest absolute Gasteiger partial charge is 0.338 e. The van der Waals surface area contributed by atoms with E-state index in [2.05, 4.69) is 10.1 Å². The molecule has 14 heavy (non-hydrogen) atoms. The Morgan fingerprint density at radius 1 is 1.36 bits per heavy atom. The maximum atomic E-state index is 13.2. The normalized spacial score (nSPS) is 10.4. The first kappa shape index (κ1) is 9.57. The van der Waals surface area contributed by atoms with Crippen LogP contribution in [-0.4, -0.2) is 10.1 Å². The molecule has 1 aromatic carbocycles. The zero-order valence-electron chi connectivity index (χ0n) is 7.08. The van der Waals surface area contributed by atoms with Gasteiger partial charge in [0.1, 0.15) is 5.82 Å². The number of hydrogen-bond acceptors (Lipinski definition) is 3. The van der Waals surface area contributed by atoms with Crippen molar-refractivity contribution in [3.63, 3.8) is 0 Å². The maximum Gasteiger partial charge on any atom is 0.232 e. The molecule has 0 aliphatic carbocycles. The minimum absolute atomic E-state index is 0.249. The van der Waals surface area contributed by atoms with Gasteiger partial charge in [0.2, 0.25) is 9.72 Å². The molecular weight excluding hydrogens is 298 g/mol. The molecule has 0 saturated heterocycles. The third-order valence-electron chi connectivity index (χ3n) is 1.74. The van der Waals surface area contributed by atoms with Gasteiger partial charge in [0.25, 0.3) is 0 Å². The summed E-state index contributed by atoms with van der Waals surface area (Å²) in [5, 5.41) is 3.62. The summed E-state index contributed by atoms with van der Waals surface area (Å²) in [4.78, 5) is 3.99. The van der Waals surface area contributed by atoms with Gasteiger partial charge in [0.05, 0.1) is 6.42 Å². The van der Waals surface area contributed by atoms with Crippen molar-refractivity contribution in [3.05, 3.63) is 45.4 Å². The number of aromatic nitrogens is 2. The van der Waals surface area contributed by atoms with Gasteiger partial charge in [0, 0.05) is 22.6 Å². The van der Waals surface area contributed by atoms with Crippen LogP contribution in [0.25, 0.3) is 0 Å². The van der Waals surface area contributed by atoms with Gasteiger partial charge in [-0.1, -0.05) is 23.4 Å². The lowest BCUT2D eigenvalue weighted by atomic mass is 10.1. The second-order valence-electron chi connectivity index (χ2n) is 2.73. The van der Waals surface area contributed by atoms with E-state index in [1.165, 1.54) is 6.07 Å². The molecular formula is C9H6FIN2O. The average molecular weight is 304 g/mol. The summed E-state index contributed by atoms with van der Waals surface area (Å²) >= 11 is 1.94. The Morgan fingerprint density at radius 2 is 2.14 bits per heavy atom. The van der Waals surface area contributed by atoms with E-state index in [1.54, 1.807) is 18.2 Å². The van der Waals surface area contributed by atoms with Crippen molar-refractivity contribution >= 4 is 22.6 Å². The Bertz CT molecular complexity index is 444. The highest BCUT2D eigenvalue weighted by Gasteiger charge is 2.07. The highest BCUT2D eigenvalue weighted by molar-refractivity contribution is 14.1. The zero-order valence-corrected chi connectivity index (χ0v) is 9.23. The second-order valence-corrected chi connectivity index (χ2v) is 3.69. The van der Waals surface area contributed by atoms with Gasteiger partial charge >= 0.3 is 0 Å². The molecule has 0 atom stereocenters. The lowest BCUT2D eigenvalue weighted by molar-refractivity contribution is 0.380. The van der Waals surface area contributed by atoms with E-state index in [-0.39, 0.29) is 5.82 Å². The Kier molecular flexibility index (Phi) is 2.76. The van der Waals surface area contributed by atoms with Gasteiger partial charge in [-0.05, 0) is 11.6 Å². The molecule has 0 bridgehead atoms. The monoisotopic (exact) mass is 304 g/mol. The summed E-state index contributed by atoms with van der Waals surface area (Å²) < 4.78 is 18.6. The summed E-state index contributed by atoms with van der Waals surface area (Å²) in [6, 6.07) is 6.54. The summed E-state index contributed by atoms with van der Waals surface area (Å²) in [6.07, 6.45) is 0.336. The molecule has 0 saturated carbocycles. The molecule has 0 radical (unpaired) electrons. The van der Waals surface area contributed by atoms with E-state index < -0.39 is 0 Å². The Balaban J connectivity index is 2.23. The SMILES string of the molecule is Fc1ccccc1Cc1nc(I)no1. The first-order chi connectivity index (χ1) is 6.75. The Hall–Kier alpha value is -0.980. The van der Waals surface area contributed by atoms with Crippen molar-refractivity contribution < 1.29 is 8.91 Å². The van der Waals surface area contributed by atoms with Crippen LogP contribution in [0.2, 0.25) is 0 Å². The quantitative estimate of drug-likeness (QED) is 0.800. The summed E-state index contributed by atoms with van der Waals surface area (Å²) in [5.74, 6) is 0.181. The molecule has 3 nitrogen and oxygen atoms in total. The molecule has 72 valence electrons.